The molecule has 0 saturated carbocycles. The van der Waals surface area contributed by atoms with Crippen LogP contribution in [-0.2, 0) is 4.74 Å². The summed E-state index contributed by atoms with van der Waals surface area (Å²) in [6, 6.07) is 0. The van der Waals surface area contributed by atoms with Crippen molar-refractivity contribution < 1.29 is 4.74 Å². The maximum atomic E-state index is 5.59. The van der Waals surface area contributed by atoms with Crippen LogP contribution in [0, 0.1) is 0 Å². The fourth-order valence-electron chi connectivity index (χ4n) is 2.33. The predicted molar refractivity (Wildman–Crippen MR) is 81.2 cm³/mol. The molecule has 4 nitrogen and oxygen atoms in total. The molecular weight excluding hydrogens is 329 g/mol. The molecule has 0 aromatic heterocycles. The first-order valence-corrected chi connectivity index (χ1v) is 6.55. The van der Waals surface area contributed by atoms with Crippen LogP contribution in [0.1, 0.15) is 32.6 Å². The summed E-state index contributed by atoms with van der Waals surface area (Å²) in [6.07, 6.45) is 5.31. The van der Waals surface area contributed by atoms with Crippen LogP contribution in [0.15, 0.2) is 4.99 Å². The summed E-state index contributed by atoms with van der Waals surface area (Å²) in [7, 11) is 0. The van der Waals surface area contributed by atoms with Gasteiger partial charge in [-0.15, -0.1) is 24.0 Å². The van der Waals surface area contributed by atoms with Gasteiger partial charge >= 0.3 is 0 Å². The topological polar surface area (TPSA) is 36.9 Å². The summed E-state index contributed by atoms with van der Waals surface area (Å²) in [5.74, 6) is 1.08. The molecule has 5 heteroatoms. The Morgan fingerprint density at radius 3 is 2.71 bits per heavy atom. The molecule has 100 valence electrons. The lowest BCUT2D eigenvalue weighted by Crippen LogP contribution is -2.40. The quantitative estimate of drug-likeness (QED) is 0.478. The van der Waals surface area contributed by atoms with Gasteiger partial charge in [0.1, 0.15) is 0 Å². The molecule has 17 heavy (non-hydrogen) atoms. The van der Waals surface area contributed by atoms with E-state index in [0.717, 1.165) is 38.7 Å². The van der Waals surface area contributed by atoms with Crippen molar-refractivity contribution in [3.8, 4) is 0 Å². The molecule has 2 fully saturated rings. The molecule has 2 heterocycles. The summed E-state index contributed by atoms with van der Waals surface area (Å²) in [5.41, 5.74) is 0. The minimum atomic E-state index is 0. The molecule has 2 rings (SSSR count). The summed E-state index contributed by atoms with van der Waals surface area (Å²) in [4.78, 5) is 7.04. The standard InChI is InChI=1S/C12H23N3O.HI/c1-2-13-12(15-7-3-4-8-15)14-10-11-6-5-9-16-11;/h11H,2-10H2,1H3,(H,13,14);1H. The molecular formula is C12H24IN3O. The SMILES string of the molecule is CCNC(=NCC1CCCO1)N1CCCC1.I. The fraction of sp³-hybridized carbons (Fsp3) is 0.917. The molecule has 0 amide bonds. The number of ether oxygens (including phenoxy) is 1. The van der Waals surface area contributed by atoms with E-state index in [1.807, 2.05) is 0 Å². The van der Waals surface area contributed by atoms with Crippen LogP contribution in [0.3, 0.4) is 0 Å². The molecule has 1 unspecified atom stereocenters. The normalized spacial score (nSPS) is 24.9. The summed E-state index contributed by atoms with van der Waals surface area (Å²) >= 11 is 0. The average molecular weight is 353 g/mol. The number of aliphatic imine (C=N–C) groups is 1. The van der Waals surface area contributed by atoms with Gasteiger partial charge in [0.15, 0.2) is 5.96 Å². The third kappa shape index (κ3) is 4.62. The molecule has 0 spiro atoms. The van der Waals surface area contributed by atoms with Crippen molar-refractivity contribution in [3.05, 3.63) is 0 Å². The lowest BCUT2D eigenvalue weighted by atomic mass is 10.2. The van der Waals surface area contributed by atoms with Crippen molar-refractivity contribution in [2.75, 3.05) is 32.8 Å². The van der Waals surface area contributed by atoms with E-state index in [-0.39, 0.29) is 24.0 Å². The third-order valence-electron chi connectivity index (χ3n) is 3.21. The van der Waals surface area contributed by atoms with Gasteiger partial charge < -0.3 is 15.0 Å². The zero-order valence-electron chi connectivity index (χ0n) is 10.7. The zero-order valence-corrected chi connectivity index (χ0v) is 13.0. The lowest BCUT2D eigenvalue weighted by Gasteiger charge is -2.21. The van der Waals surface area contributed by atoms with Crippen molar-refractivity contribution >= 4 is 29.9 Å². The van der Waals surface area contributed by atoms with Crippen LogP contribution in [0.5, 0.6) is 0 Å². The zero-order chi connectivity index (χ0) is 11.2. The number of nitrogens with one attached hydrogen (secondary N) is 1. The van der Waals surface area contributed by atoms with Gasteiger partial charge in [0.25, 0.3) is 0 Å². The van der Waals surface area contributed by atoms with Gasteiger partial charge in [-0.05, 0) is 32.6 Å². The van der Waals surface area contributed by atoms with Gasteiger partial charge in [-0.1, -0.05) is 0 Å². The van der Waals surface area contributed by atoms with Crippen molar-refractivity contribution in [1.29, 1.82) is 0 Å². The highest BCUT2D eigenvalue weighted by molar-refractivity contribution is 14.0. The Hall–Kier alpha value is -0.0400. The van der Waals surface area contributed by atoms with Crippen molar-refractivity contribution in [2.24, 2.45) is 4.99 Å². The average Bonchev–Trinajstić information content (AvgIpc) is 2.96. The number of guanidine groups is 1. The van der Waals surface area contributed by atoms with E-state index in [4.69, 9.17) is 4.74 Å². The van der Waals surface area contributed by atoms with Gasteiger partial charge in [-0.3, -0.25) is 4.99 Å². The Morgan fingerprint density at radius 2 is 2.12 bits per heavy atom. The second-order valence-corrected chi connectivity index (χ2v) is 4.52. The number of hydrogen-bond acceptors (Lipinski definition) is 2. The Kier molecular flexibility index (Phi) is 7.18. The van der Waals surface area contributed by atoms with Crippen LogP contribution in [0.4, 0.5) is 0 Å². The van der Waals surface area contributed by atoms with Crippen LogP contribution >= 0.6 is 24.0 Å². The fourth-order valence-corrected chi connectivity index (χ4v) is 2.33. The third-order valence-corrected chi connectivity index (χ3v) is 3.21. The monoisotopic (exact) mass is 353 g/mol. The van der Waals surface area contributed by atoms with Crippen LogP contribution in [0.2, 0.25) is 0 Å². The smallest absolute Gasteiger partial charge is 0.194 e. The van der Waals surface area contributed by atoms with Crippen LogP contribution in [-0.4, -0.2) is 49.7 Å². The Morgan fingerprint density at radius 1 is 1.35 bits per heavy atom. The second kappa shape index (κ2) is 8.13. The number of hydrogen-bond donors (Lipinski definition) is 1. The van der Waals surface area contributed by atoms with E-state index >= 15 is 0 Å². The number of nitrogens with zero attached hydrogens (tertiary/aromatic N) is 2. The highest BCUT2D eigenvalue weighted by atomic mass is 127. The molecule has 1 atom stereocenters. The van der Waals surface area contributed by atoms with Crippen LogP contribution in [0.25, 0.3) is 0 Å². The number of rotatable bonds is 3. The highest BCUT2D eigenvalue weighted by Crippen LogP contribution is 2.13. The van der Waals surface area contributed by atoms with Crippen molar-refractivity contribution in [1.82, 2.24) is 10.2 Å². The van der Waals surface area contributed by atoms with E-state index < -0.39 is 0 Å². The van der Waals surface area contributed by atoms with Gasteiger partial charge in [-0.2, -0.15) is 0 Å². The van der Waals surface area contributed by atoms with E-state index in [1.54, 1.807) is 0 Å². The molecule has 0 bridgehead atoms. The lowest BCUT2D eigenvalue weighted by molar-refractivity contribution is 0.117. The van der Waals surface area contributed by atoms with Gasteiger partial charge in [0.05, 0.1) is 12.6 Å². The molecule has 0 aromatic rings. The molecule has 0 aromatic carbocycles. The minimum absolute atomic E-state index is 0. The summed E-state index contributed by atoms with van der Waals surface area (Å²) in [6.45, 7) is 7.10. The van der Waals surface area contributed by atoms with Gasteiger partial charge in [0.2, 0.25) is 0 Å². The maximum absolute atomic E-state index is 5.59. The molecule has 1 N–H and O–H groups in total. The second-order valence-electron chi connectivity index (χ2n) is 4.52. The Labute approximate surface area is 121 Å². The molecule has 2 saturated heterocycles. The first-order valence-electron chi connectivity index (χ1n) is 6.55. The van der Waals surface area contributed by atoms with Crippen molar-refractivity contribution in [3.63, 3.8) is 0 Å². The first-order chi connectivity index (χ1) is 7.90. The van der Waals surface area contributed by atoms with E-state index in [1.165, 1.54) is 25.7 Å². The molecule has 2 aliphatic heterocycles. The number of likely N-dealkylation sites (tertiary alicyclic amines) is 1. The van der Waals surface area contributed by atoms with E-state index in [9.17, 15) is 0 Å². The maximum Gasteiger partial charge on any atom is 0.194 e. The summed E-state index contributed by atoms with van der Waals surface area (Å²) in [5, 5.41) is 3.37. The Balaban J connectivity index is 0.00000144. The first kappa shape index (κ1) is 15.0. The van der Waals surface area contributed by atoms with Crippen LogP contribution < -0.4 is 5.32 Å². The van der Waals surface area contributed by atoms with Gasteiger partial charge in [0, 0.05) is 26.2 Å². The minimum Gasteiger partial charge on any atom is -0.376 e. The molecule has 0 radical (unpaired) electrons. The largest absolute Gasteiger partial charge is 0.376 e. The number of halogens is 1. The highest BCUT2D eigenvalue weighted by Gasteiger charge is 2.18. The predicted octanol–water partition coefficient (Wildman–Crippen LogP) is 1.84. The Bertz CT molecular complexity index is 236. The van der Waals surface area contributed by atoms with E-state index in [0.29, 0.717) is 6.10 Å². The molecule has 2 aliphatic rings. The van der Waals surface area contributed by atoms with Gasteiger partial charge in [-0.25, -0.2) is 0 Å². The summed E-state index contributed by atoms with van der Waals surface area (Å²) < 4.78 is 5.59. The van der Waals surface area contributed by atoms with E-state index in [2.05, 4.69) is 22.1 Å². The molecule has 0 aliphatic carbocycles. The van der Waals surface area contributed by atoms with Crippen molar-refractivity contribution in [2.45, 2.75) is 38.7 Å².